The highest BCUT2D eigenvalue weighted by Gasteiger charge is 2.16. The summed E-state index contributed by atoms with van der Waals surface area (Å²) in [5.41, 5.74) is 6.56. The predicted molar refractivity (Wildman–Crippen MR) is 66.0 cm³/mol. The van der Waals surface area contributed by atoms with Gasteiger partial charge in [0.2, 0.25) is 0 Å². The number of nitrogen functional groups attached to an aromatic ring is 1. The first-order chi connectivity index (χ1) is 8.10. The average Bonchev–Trinajstić information content (AvgIpc) is 2.31. The zero-order valence-electron chi connectivity index (χ0n) is 10.1. The summed E-state index contributed by atoms with van der Waals surface area (Å²) in [7, 11) is 0. The molecule has 0 aliphatic carbocycles. The third kappa shape index (κ3) is 3.35. The molecule has 0 fully saturated rings. The molecule has 4 N–H and O–H groups in total. The van der Waals surface area contributed by atoms with Crippen molar-refractivity contribution in [3.63, 3.8) is 0 Å². The Hall–Kier alpha value is -1.75. The van der Waals surface area contributed by atoms with Gasteiger partial charge in [-0.25, -0.2) is 0 Å². The average molecular weight is 238 g/mol. The number of rotatable bonds is 5. The van der Waals surface area contributed by atoms with Gasteiger partial charge in [0.05, 0.1) is 24.5 Å². The van der Waals surface area contributed by atoms with E-state index in [9.17, 15) is 4.79 Å². The molecule has 1 amide bonds. The van der Waals surface area contributed by atoms with Crippen molar-refractivity contribution in [1.29, 1.82) is 0 Å². The summed E-state index contributed by atoms with van der Waals surface area (Å²) in [5.74, 6) is 0.0833. The minimum atomic E-state index is -0.307. The lowest BCUT2D eigenvalue weighted by atomic mass is 10.1. The van der Waals surface area contributed by atoms with Crippen molar-refractivity contribution in [3.05, 3.63) is 23.8 Å². The zero-order chi connectivity index (χ0) is 12.8. The van der Waals surface area contributed by atoms with Crippen molar-refractivity contribution in [1.82, 2.24) is 5.32 Å². The van der Waals surface area contributed by atoms with Crippen LogP contribution in [-0.2, 0) is 0 Å². The molecule has 17 heavy (non-hydrogen) atoms. The fraction of sp³-hybridized carbons (Fsp3) is 0.417. The number of hydrogen-bond donors (Lipinski definition) is 3. The lowest BCUT2D eigenvalue weighted by molar-refractivity contribution is 0.0918. The summed E-state index contributed by atoms with van der Waals surface area (Å²) >= 11 is 0. The van der Waals surface area contributed by atoms with Gasteiger partial charge in [0.25, 0.3) is 5.91 Å². The fourth-order valence-corrected chi connectivity index (χ4v) is 1.39. The first kappa shape index (κ1) is 13.3. The largest absolute Gasteiger partial charge is 0.491 e. The van der Waals surface area contributed by atoms with Gasteiger partial charge in [-0.05, 0) is 26.0 Å². The maximum atomic E-state index is 11.9. The molecular weight excluding hydrogens is 220 g/mol. The van der Waals surface area contributed by atoms with E-state index in [1.165, 1.54) is 0 Å². The molecule has 0 spiro atoms. The summed E-state index contributed by atoms with van der Waals surface area (Å²) < 4.78 is 5.36. The van der Waals surface area contributed by atoms with Crippen molar-refractivity contribution in [2.45, 2.75) is 19.9 Å². The quantitative estimate of drug-likeness (QED) is 0.662. The van der Waals surface area contributed by atoms with E-state index in [-0.39, 0.29) is 18.6 Å². The van der Waals surface area contributed by atoms with E-state index in [0.717, 1.165) is 0 Å². The summed E-state index contributed by atoms with van der Waals surface area (Å²) in [6.45, 7) is 3.86. The molecule has 0 radical (unpaired) electrons. The van der Waals surface area contributed by atoms with Gasteiger partial charge in [-0.15, -0.1) is 0 Å². The van der Waals surface area contributed by atoms with Gasteiger partial charge in [0, 0.05) is 6.04 Å². The number of ether oxygens (including phenoxy) is 1. The van der Waals surface area contributed by atoms with E-state index >= 15 is 0 Å². The van der Waals surface area contributed by atoms with Gasteiger partial charge in [-0.1, -0.05) is 6.07 Å². The molecule has 0 aliphatic heterocycles. The lowest BCUT2D eigenvalue weighted by Gasteiger charge is -2.15. The van der Waals surface area contributed by atoms with Gasteiger partial charge >= 0.3 is 0 Å². The van der Waals surface area contributed by atoms with Gasteiger partial charge in [0.1, 0.15) is 0 Å². The van der Waals surface area contributed by atoms with Crippen LogP contribution >= 0.6 is 0 Å². The maximum absolute atomic E-state index is 11.9. The Morgan fingerprint density at radius 2 is 2.29 bits per heavy atom. The molecule has 1 aromatic carbocycles. The van der Waals surface area contributed by atoms with Crippen LogP contribution in [0, 0.1) is 0 Å². The molecule has 0 aromatic heterocycles. The second kappa shape index (κ2) is 6.10. The molecule has 5 nitrogen and oxygen atoms in total. The van der Waals surface area contributed by atoms with E-state index in [1.807, 2.05) is 6.92 Å². The Kier molecular flexibility index (Phi) is 4.78. The molecule has 5 heteroatoms. The Morgan fingerprint density at radius 1 is 1.59 bits per heavy atom. The number of aliphatic hydroxyl groups is 1. The van der Waals surface area contributed by atoms with Gasteiger partial charge in [-0.2, -0.15) is 0 Å². The number of benzene rings is 1. The highest BCUT2D eigenvalue weighted by molar-refractivity contribution is 5.98. The molecule has 94 valence electrons. The highest BCUT2D eigenvalue weighted by Crippen LogP contribution is 2.26. The van der Waals surface area contributed by atoms with Crippen LogP contribution in [0.3, 0.4) is 0 Å². The number of carbonyl (C=O) groups excluding carboxylic acids is 1. The fourth-order valence-electron chi connectivity index (χ4n) is 1.39. The van der Waals surface area contributed by atoms with Crippen LogP contribution in [0.1, 0.15) is 24.2 Å². The van der Waals surface area contributed by atoms with Crippen LogP contribution in [0.5, 0.6) is 5.75 Å². The van der Waals surface area contributed by atoms with Crippen LogP contribution in [0.4, 0.5) is 5.69 Å². The SMILES string of the molecule is CCOc1c(N)cccc1C(=O)NC(C)CO. The molecule has 1 atom stereocenters. The zero-order valence-corrected chi connectivity index (χ0v) is 10.1. The van der Waals surface area contributed by atoms with Crippen molar-refractivity contribution in [2.24, 2.45) is 0 Å². The van der Waals surface area contributed by atoms with Crippen LogP contribution in [0.25, 0.3) is 0 Å². The maximum Gasteiger partial charge on any atom is 0.255 e. The van der Waals surface area contributed by atoms with Crippen molar-refractivity contribution >= 4 is 11.6 Å². The Bertz CT molecular complexity index is 393. The minimum Gasteiger partial charge on any atom is -0.491 e. The molecule has 0 saturated carbocycles. The first-order valence-electron chi connectivity index (χ1n) is 5.53. The van der Waals surface area contributed by atoms with E-state index < -0.39 is 0 Å². The van der Waals surface area contributed by atoms with E-state index in [2.05, 4.69) is 5.32 Å². The topological polar surface area (TPSA) is 84.6 Å². The van der Waals surface area contributed by atoms with E-state index in [4.69, 9.17) is 15.6 Å². The normalized spacial score (nSPS) is 11.9. The van der Waals surface area contributed by atoms with Crippen molar-refractivity contribution in [2.75, 3.05) is 18.9 Å². The summed E-state index contributed by atoms with van der Waals surface area (Å²) in [6.07, 6.45) is 0. The Morgan fingerprint density at radius 3 is 2.88 bits per heavy atom. The molecular formula is C12H18N2O3. The summed E-state index contributed by atoms with van der Waals surface area (Å²) in [5, 5.41) is 11.5. The van der Waals surface area contributed by atoms with Crippen LogP contribution < -0.4 is 15.8 Å². The number of para-hydroxylation sites is 1. The number of nitrogens with two attached hydrogens (primary N) is 1. The summed E-state index contributed by atoms with van der Waals surface area (Å²) in [6, 6.07) is 4.70. The van der Waals surface area contributed by atoms with Crippen molar-refractivity contribution in [3.8, 4) is 5.75 Å². The highest BCUT2D eigenvalue weighted by atomic mass is 16.5. The van der Waals surface area contributed by atoms with Gasteiger partial charge in [-0.3, -0.25) is 4.79 Å². The number of amides is 1. The number of aliphatic hydroxyl groups excluding tert-OH is 1. The first-order valence-corrected chi connectivity index (χ1v) is 5.53. The van der Waals surface area contributed by atoms with Crippen LogP contribution in [-0.4, -0.2) is 30.3 Å². The molecule has 1 aromatic rings. The molecule has 0 heterocycles. The minimum absolute atomic E-state index is 0.113. The predicted octanol–water partition coefficient (Wildman–Crippen LogP) is 0.778. The summed E-state index contributed by atoms with van der Waals surface area (Å²) in [4.78, 5) is 11.9. The van der Waals surface area contributed by atoms with Gasteiger partial charge in [0.15, 0.2) is 5.75 Å². The number of hydrogen-bond acceptors (Lipinski definition) is 4. The third-order valence-electron chi connectivity index (χ3n) is 2.23. The van der Waals surface area contributed by atoms with Gasteiger partial charge < -0.3 is 20.9 Å². The molecule has 1 unspecified atom stereocenters. The molecule has 1 rings (SSSR count). The molecule has 0 bridgehead atoms. The van der Waals surface area contributed by atoms with E-state index in [0.29, 0.717) is 23.6 Å². The van der Waals surface area contributed by atoms with Crippen LogP contribution in [0.15, 0.2) is 18.2 Å². The second-order valence-electron chi connectivity index (χ2n) is 3.71. The smallest absolute Gasteiger partial charge is 0.255 e. The lowest BCUT2D eigenvalue weighted by Crippen LogP contribution is -2.35. The standard InChI is InChI=1S/C12H18N2O3/c1-3-17-11-9(5-4-6-10(11)13)12(16)14-8(2)7-15/h4-6,8,15H,3,7,13H2,1-2H3,(H,14,16). The number of carbonyl (C=O) groups is 1. The second-order valence-corrected chi connectivity index (χ2v) is 3.71. The molecule has 0 aliphatic rings. The third-order valence-corrected chi connectivity index (χ3v) is 2.23. The number of anilines is 1. The molecule has 0 saturated heterocycles. The van der Waals surface area contributed by atoms with Crippen molar-refractivity contribution < 1.29 is 14.6 Å². The van der Waals surface area contributed by atoms with Crippen LogP contribution in [0.2, 0.25) is 0 Å². The number of nitrogens with one attached hydrogen (secondary N) is 1. The van der Waals surface area contributed by atoms with E-state index in [1.54, 1.807) is 25.1 Å². The monoisotopic (exact) mass is 238 g/mol. The Labute approximate surface area is 101 Å². The Balaban J connectivity index is 2.96.